The first-order chi connectivity index (χ1) is 6.36. The van der Waals surface area contributed by atoms with Crippen molar-refractivity contribution in [3.8, 4) is 0 Å². The van der Waals surface area contributed by atoms with Gasteiger partial charge in [0.05, 0.1) is 0 Å². The third-order valence-electron chi connectivity index (χ3n) is 2.04. The van der Waals surface area contributed by atoms with E-state index in [1.54, 1.807) is 0 Å². The first kappa shape index (κ1) is 7.92. The fourth-order valence-corrected chi connectivity index (χ4v) is 1.27. The average molecular weight is 172 g/mol. The Morgan fingerprint density at radius 3 is 2.77 bits per heavy atom. The van der Waals surface area contributed by atoms with Gasteiger partial charge in [-0.1, -0.05) is 0 Å². The number of rotatable bonds is 2. The predicted octanol–water partition coefficient (Wildman–Crippen LogP) is 2.52. The van der Waals surface area contributed by atoms with Crippen molar-refractivity contribution in [2.45, 2.75) is 0 Å². The van der Waals surface area contributed by atoms with Crippen LogP contribution in [0.3, 0.4) is 0 Å². The number of nitrogens with one attached hydrogen (secondary N) is 1. The van der Waals surface area contributed by atoms with Gasteiger partial charge >= 0.3 is 0 Å². The van der Waals surface area contributed by atoms with Crippen LogP contribution in [-0.4, -0.2) is 9.55 Å². The summed E-state index contributed by atoms with van der Waals surface area (Å²) in [7, 11) is 2.04. The van der Waals surface area contributed by atoms with Gasteiger partial charge in [-0.3, -0.25) is 0 Å². The van der Waals surface area contributed by atoms with Crippen molar-refractivity contribution in [2.75, 3.05) is 0 Å². The van der Waals surface area contributed by atoms with Gasteiger partial charge in [0.15, 0.2) is 0 Å². The van der Waals surface area contributed by atoms with E-state index in [1.165, 1.54) is 5.69 Å². The molecule has 0 amide bonds. The van der Waals surface area contributed by atoms with Crippen molar-refractivity contribution in [1.82, 2.24) is 9.55 Å². The van der Waals surface area contributed by atoms with Gasteiger partial charge in [-0.2, -0.15) is 0 Å². The molecule has 2 aromatic heterocycles. The minimum Gasteiger partial charge on any atom is -0.362 e. The molecule has 2 heterocycles. The maximum Gasteiger partial charge on any atom is 0.0404 e. The number of H-pyrrole nitrogens is 1. The average Bonchev–Trinajstić information content (AvgIpc) is 2.72. The first-order valence-corrected chi connectivity index (χ1v) is 4.29. The van der Waals surface area contributed by atoms with E-state index < -0.39 is 0 Å². The van der Waals surface area contributed by atoms with Gasteiger partial charge in [0, 0.05) is 30.8 Å². The van der Waals surface area contributed by atoms with E-state index in [0.29, 0.717) is 0 Å². The molecule has 0 spiro atoms. The molecule has 0 fully saturated rings. The molecule has 0 atom stereocenters. The summed E-state index contributed by atoms with van der Waals surface area (Å²) in [6, 6.07) is 8.15. The lowest BCUT2D eigenvalue weighted by Crippen LogP contribution is -1.86. The Morgan fingerprint density at radius 2 is 2.15 bits per heavy atom. The Balaban J connectivity index is 2.19. The van der Waals surface area contributed by atoms with E-state index in [0.717, 1.165) is 5.69 Å². The topological polar surface area (TPSA) is 20.7 Å². The summed E-state index contributed by atoms with van der Waals surface area (Å²) in [5, 5.41) is 0. The van der Waals surface area contributed by atoms with Crippen LogP contribution in [0.1, 0.15) is 11.4 Å². The highest BCUT2D eigenvalue weighted by atomic mass is 14.9. The maximum atomic E-state index is 3.12. The molecular formula is C11H12N2. The van der Waals surface area contributed by atoms with Gasteiger partial charge in [0.1, 0.15) is 0 Å². The van der Waals surface area contributed by atoms with Crippen LogP contribution in [0.5, 0.6) is 0 Å². The maximum absolute atomic E-state index is 3.12. The minimum atomic E-state index is 1.13. The first-order valence-electron chi connectivity index (χ1n) is 4.29. The highest BCUT2D eigenvalue weighted by Gasteiger charge is 1.90. The van der Waals surface area contributed by atoms with Crippen molar-refractivity contribution in [3.05, 3.63) is 48.0 Å². The second-order valence-electron chi connectivity index (χ2n) is 3.00. The summed E-state index contributed by atoms with van der Waals surface area (Å²) < 4.78 is 2.08. The number of hydrogen-bond donors (Lipinski definition) is 1. The van der Waals surface area contributed by atoms with Gasteiger partial charge in [0.2, 0.25) is 0 Å². The highest BCUT2D eigenvalue weighted by molar-refractivity contribution is 5.66. The van der Waals surface area contributed by atoms with Crippen molar-refractivity contribution < 1.29 is 0 Å². The Kier molecular flexibility index (Phi) is 2.04. The SMILES string of the molecule is Cn1cccc1/C=C/c1ccc[nH]1. The zero-order chi connectivity index (χ0) is 9.10. The lowest BCUT2D eigenvalue weighted by molar-refractivity contribution is 0.915. The summed E-state index contributed by atoms with van der Waals surface area (Å²) in [5.41, 5.74) is 2.33. The van der Waals surface area contributed by atoms with Crippen LogP contribution in [0.2, 0.25) is 0 Å². The van der Waals surface area contributed by atoms with Crippen LogP contribution in [0.15, 0.2) is 36.7 Å². The number of aryl methyl sites for hydroxylation is 1. The van der Waals surface area contributed by atoms with E-state index in [9.17, 15) is 0 Å². The Hall–Kier alpha value is -1.70. The molecule has 0 aromatic carbocycles. The van der Waals surface area contributed by atoms with Crippen LogP contribution in [0, 0.1) is 0 Å². The molecule has 2 aromatic rings. The van der Waals surface area contributed by atoms with E-state index in [1.807, 2.05) is 37.6 Å². The molecule has 0 saturated heterocycles. The number of nitrogens with zero attached hydrogens (tertiary/aromatic N) is 1. The largest absolute Gasteiger partial charge is 0.362 e. The van der Waals surface area contributed by atoms with E-state index in [-0.39, 0.29) is 0 Å². The van der Waals surface area contributed by atoms with Crippen LogP contribution < -0.4 is 0 Å². The van der Waals surface area contributed by atoms with Crippen LogP contribution >= 0.6 is 0 Å². The van der Waals surface area contributed by atoms with Gasteiger partial charge < -0.3 is 9.55 Å². The molecule has 0 aliphatic carbocycles. The molecule has 0 aliphatic heterocycles. The van der Waals surface area contributed by atoms with Crippen molar-refractivity contribution in [1.29, 1.82) is 0 Å². The highest BCUT2D eigenvalue weighted by Crippen LogP contribution is 2.05. The van der Waals surface area contributed by atoms with Crippen molar-refractivity contribution in [2.24, 2.45) is 7.05 Å². The zero-order valence-corrected chi connectivity index (χ0v) is 7.57. The van der Waals surface area contributed by atoms with Crippen molar-refractivity contribution >= 4 is 12.2 Å². The summed E-state index contributed by atoms with van der Waals surface area (Å²) >= 11 is 0. The van der Waals surface area contributed by atoms with Crippen LogP contribution in [0.25, 0.3) is 12.2 Å². The van der Waals surface area contributed by atoms with Gasteiger partial charge in [-0.15, -0.1) is 0 Å². The lowest BCUT2D eigenvalue weighted by atomic mass is 10.3. The fourth-order valence-electron chi connectivity index (χ4n) is 1.27. The second kappa shape index (κ2) is 3.35. The quantitative estimate of drug-likeness (QED) is 0.718. The molecule has 0 radical (unpaired) electrons. The smallest absolute Gasteiger partial charge is 0.0404 e. The molecule has 1 N–H and O–H groups in total. The molecular weight excluding hydrogens is 160 g/mol. The number of aromatic amines is 1. The van der Waals surface area contributed by atoms with Gasteiger partial charge in [0.25, 0.3) is 0 Å². The minimum absolute atomic E-state index is 1.13. The normalized spacial score (nSPS) is 11.2. The number of hydrogen-bond acceptors (Lipinski definition) is 0. The molecule has 66 valence electrons. The Labute approximate surface area is 77.5 Å². The van der Waals surface area contributed by atoms with Crippen LogP contribution in [0.4, 0.5) is 0 Å². The van der Waals surface area contributed by atoms with Crippen LogP contribution in [-0.2, 0) is 7.05 Å². The third-order valence-corrected chi connectivity index (χ3v) is 2.04. The molecule has 0 aliphatic rings. The Morgan fingerprint density at radius 1 is 1.23 bits per heavy atom. The van der Waals surface area contributed by atoms with E-state index in [2.05, 4.69) is 27.8 Å². The molecule has 13 heavy (non-hydrogen) atoms. The molecule has 0 bridgehead atoms. The van der Waals surface area contributed by atoms with Gasteiger partial charge in [-0.25, -0.2) is 0 Å². The monoisotopic (exact) mass is 172 g/mol. The molecule has 2 nitrogen and oxygen atoms in total. The van der Waals surface area contributed by atoms with E-state index >= 15 is 0 Å². The third kappa shape index (κ3) is 1.72. The Bertz CT molecular complexity index is 393. The predicted molar refractivity (Wildman–Crippen MR) is 55.1 cm³/mol. The summed E-state index contributed by atoms with van der Waals surface area (Å²) in [6.07, 6.45) is 8.11. The molecule has 0 unspecified atom stereocenters. The lowest BCUT2D eigenvalue weighted by Gasteiger charge is -1.94. The van der Waals surface area contributed by atoms with Gasteiger partial charge in [-0.05, 0) is 36.4 Å². The summed E-state index contributed by atoms with van der Waals surface area (Å²) in [5.74, 6) is 0. The zero-order valence-electron chi connectivity index (χ0n) is 7.57. The molecule has 2 heteroatoms. The standard InChI is InChI=1S/C11H12N2/c1-13-9-3-5-11(13)7-6-10-4-2-8-12-10/h2-9,12H,1H3/b7-6+. The molecule has 0 saturated carbocycles. The second-order valence-corrected chi connectivity index (χ2v) is 3.00. The summed E-state index contributed by atoms with van der Waals surface area (Å²) in [4.78, 5) is 3.12. The number of aromatic nitrogens is 2. The fraction of sp³-hybridized carbons (Fsp3) is 0.0909. The van der Waals surface area contributed by atoms with E-state index in [4.69, 9.17) is 0 Å². The molecule has 2 rings (SSSR count). The summed E-state index contributed by atoms with van der Waals surface area (Å²) in [6.45, 7) is 0. The van der Waals surface area contributed by atoms with Crippen molar-refractivity contribution in [3.63, 3.8) is 0 Å².